The molecule has 0 aliphatic carbocycles. The van der Waals surface area contributed by atoms with E-state index in [1.807, 2.05) is 31.2 Å². The van der Waals surface area contributed by atoms with Crippen molar-refractivity contribution in [3.05, 3.63) is 70.3 Å². The van der Waals surface area contributed by atoms with Crippen molar-refractivity contribution in [1.29, 1.82) is 0 Å². The number of nitrogens with zero attached hydrogens (tertiary/aromatic N) is 2. The Hall–Kier alpha value is -2.51. The normalized spacial score (nSPS) is 14.5. The van der Waals surface area contributed by atoms with Crippen LogP contribution in [0.5, 0.6) is 0 Å². The Labute approximate surface area is 220 Å². The van der Waals surface area contributed by atoms with E-state index < -0.39 is 11.7 Å². The Morgan fingerprint density at radius 3 is 2.03 bits per heavy atom. The number of hydrogen-bond donors (Lipinski definition) is 0. The lowest BCUT2D eigenvalue weighted by Gasteiger charge is -2.34. The van der Waals surface area contributed by atoms with E-state index >= 15 is 0 Å². The van der Waals surface area contributed by atoms with Gasteiger partial charge in [0.1, 0.15) is 11.6 Å². The molecule has 0 bridgehead atoms. The van der Waals surface area contributed by atoms with E-state index in [4.69, 9.17) is 0 Å². The minimum Gasteiger partial charge on any atom is -0.301 e. The molecule has 37 heavy (non-hydrogen) atoms. The number of Topliss-reactive ketones (excluding diaryl/α,β-unsaturated/α-hetero) is 2. The van der Waals surface area contributed by atoms with Crippen molar-refractivity contribution in [2.45, 2.75) is 67.6 Å². The van der Waals surface area contributed by atoms with Crippen molar-refractivity contribution < 1.29 is 22.8 Å². The Morgan fingerprint density at radius 1 is 0.919 bits per heavy atom. The van der Waals surface area contributed by atoms with E-state index in [9.17, 15) is 22.8 Å². The molecule has 0 saturated carbocycles. The topological polar surface area (TPSA) is 40.6 Å². The quantitative estimate of drug-likeness (QED) is 0.405. The van der Waals surface area contributed by atoms with Crippen molar-refractivity contribution in [2.75, 3.05) is 32.7 Å². The lowest BCUT2D eigenvalue weighted by molar-refractivity contribution is -0.138. The monoisotopic (exact) mass is 520 g/mol. The molecule has 0 aromatic heterocycles. The van der Waals surface area contributed by atoms with Crippen LogP contribution in [0.2, 0.25) is 0 Å². The van der Waals surface area contributed by atoms with Gasteiger partial charge in [0.25, 0.3) is 0 Å². The molecule has 1 heterocycles. The average Bonchev–Trinajstić information content (AvgIpc) is 2.80. The summed E-state index contributed by atoms with van der Waals surface area (Å²) in [5, 5.41) is 0. The molecule has 0 atom stereocenters. The summed E-state index contributed by atoms with van der Waals surface area (Å²) >= 11 is 0. The Bertz CT molecular complexity index is 1010. The minimum atomic E-state index is -4.41. The summed E-state index contributed by atoms with van der Waals surface area (Å²) in [5.41, 5.74) is 2.43. The third-order valence-electron chi connectivity index (χ3n) is 6.34. The molecule has 0 spiro atoms. The second-order valence-corrected chi connectivity index (χ2v) is 9.87. The number of ketones is 2. The molecule has 0 radical (unpaired) electrons. The molecule has 3 rings (SSSR count). The van der Waals surface area contributed by atoms with Gasteiger partial charge in [-0.1, -0.05) is 70.2 Å². The first kappa shape index (κ1) is 32.5. The molecule has 1 fully saturated rings. The largest absolute Gasteiger partial charge is 0.416 e. The van der Waals surface area contributed by atoms with Gasteiger partial charge in [0, 0.05) is 51.5 Å². The molecule has 0 amide bonds. The van der Waals surface area contributed by atoms with Crippen LogP contribution in [0.15, 0.2) is 42.5 Å². The van der Waals surface area contributed by atoms with Crippen LogP contribution < -0.4 is 0 Å². The van der Waals surface area contributed by atoms with Gasteiger partial charge in [-0.15, -0.1) is 0 Å². The molecular formula is C30H43F3N2O2. The van der Waals surface area contributed by atoms with Crippen molar-refractivity contribution in [3.8, 4) is 0 Å². The van der Waals surface area contributed by atoms with Crippen molar-refractivity contribution in [2.24, 2.45) is 5.92 Å². The fourth-order valence-corrected chi connectivity index (χ4v) is 4.15. The standard InChI is InChI=1S/C19H27F3N2O.C10H12O.CH4/c1-4-23-7-9-24(10-8-23)13-16-6-5-15(12-18(25)14(2)3)11-17(16)19(20,21)22;1-8-4-3-5-10(6-8)7-9(2)11;/h5-6,11,14H,4,7-10,12-13H2,1-3H3;3-6H,7H2,1-2H3;1H4. The summed E-state index contributed by atoms with van der Waals surface area (Å²) in [6.07, 6.45) is -3.80. The second kappa shape index (κ2) is 15.0. The summed E-state index contributed by atoms with van der Waals surface area (Å²) < 4.78 is 40.5. The Morgan fingerprint density at radius 2 is 1.51 bits per heavy atom. The van der Waals surface area contributed by atoms with Crippen LogP contribution >= 0.6 is 0 Å². The fraction of sp³-hybridized carbons (Fsp3) is 0.533. The second-order valence-electron chi connectivity index (χ2n) is 9.87. The van der Waals surface area contributed by atoms with Crippen molar-refractivity contribution in [3.63, 3.8) is 0 Å². The smallest absolute Gasteiger partial charge is 0.301 e. The van der Waals surface area contributed by atoms with Gasteiger partial charge in [0.2, 0.25) is 0 Å². The Balaban J connectivity index is 0.000000479. The van der Waals surface area contributed by atoms with Gasteiger partial charge in [-0.2, -0.15) is 13.2 Å². The number of carbonyl (C=O) groups is 2. The molecular weight excluding hydrogens is 477 g/mol. The minimum absolute atomic E-state index is 0. The fourth-order valence-electron chi connectivity index (χ4n) is 4.15. The Kier molecular flexibility index (Phi) is 13.2. The van der Waals surface area contributed by atoms with Crippen LogP contribution in [0, 0.1) is 12.8 Å². The van der Waals surface area contributed by atoms with Crippen LogP contribution in [0.3, 0.4) is 0 Å². The number of hydrogen-bond acceptors (Lipinski definition) is 4. The number of aryl methyl sites for hydroxylation is 1. The lowest BCUT2D eigenvalue weighted by Crippen LogP contribution is -2.45. The lowest BCUT2D eigenvalue weighted by atomic mass is 9.96. The molecule has 2 aromatic rings. The molecule has 1 aliphatic heterocycles. The number of carbonyl (C=O) groups excluding carboxylic acids is 2. The number of rotatable bonds is 8. The van der Waals surface area contributed by atoms with Gasteiger partial charge in [0.05, 0.1) is 5.56 Å². The zero-order chi connectivity index (χ0) is 26.9. The van der Waals surface area contributed by atoms with E-state index in [2.05, 4.69) is 16.7 Å². The number of alkyl halides is 3. The summed E-state index contributed by atoms with van der Waals surface area (Å²) in [6, 6.07) is 12.4. The summed E-state index contributed by atoms with van der Waals surface area (Å²) in [5.74, 6) is -0.00367. The number of halogens is 3. The van der Waals surface area contributed by atoms with Gasteiger partial charge in [0.15, 0.2) is 0 Å². The van der Waals surface area contributed by atoms with Crippen LogP contribution in [0.1, 0.15) is 62.9 Å². The van der Waals surface area contributed by atoms with E-state index in [1.54, 1.807) is 26.8 Å². The van der Waals surface area contributed by atoms with Crippen LogP contribution in [0.25, 0.3) is 0 Å². The third-order valence-corrected chi connectivity index (χ3v) is 6.34. The maximum atomic E-state index is 13.5. The third kappa shape index (κ3) is 11.2. The number of benzene rings is 2. The van der Waals surface area contributed by atoms with Gasteiger partial charge in [-0.05, 0) is 43.1 Å². The first-order valence-electron chi connectivity index (χ1n) is 12.6. The molecule has 1 aliphatic rings. The predicted octanol–water partition coefficient (Wildman–Crippen LogP) is 6.37. The molecule has 7 heteroatoms. The highest BCUT2D eigenvalue weighted by molar-refractivity contribution is 5.82. The first-order valence-corrected chi connectivity index (χ1v) is 12.6. The van der Waals surface area contributed by atoms with Gasteiger partial charge in [-0.3, -0.25) is 14.5 Å². The molecule has 1 saturated heterocycles. The van der Waals surface area contributed by atoms with E-state index in [0.29, 0.717) is 18.5 Å². The van der Waals surface area contributed by atoms with Gasteiger partial charge >= 0.3 is 6.18 Å². The summed E-state index contributed by atoms with van der Waals surface area (Å²) in [7, 11) is 0. The molecule has 2 aromatic carbocycles. The highest BCUT2D eigenvalue weighted by Crippen LogP contribution is 2.33. The zero-order valence-corrected chi connectivity index (χ0v) is 22.1. The van der Waals surface area contributed by atoms with Gasteiger partial charge < -0.3 is 4.90 Å². The van der Waals surface area contributed by atoms with Crippen molar-refractivity contribution >= 4 is 11.6 Å². The number of piperazine rings is 1. The maximum absolute atomic E-state index is 13.5. The summed E-state index contributed by atoms with van der Waals surface area (Å²) in [4.78, 5) is 26.9. The predicted molar refractivity (Wildman–Crippen MR) is 145 cm³/mol. The summed E-state index contributed by atoms with van der Waals surface area (Å²) in [6.45, 7) is 13.9. The number of likely N-dealkylation sites (N-methyl/N-ethyl adjacent to an activating group) is 1. The first-order chi connectivity index (χ1) is 16.9. The molecule has 0 N–H and O–H groups in total. The maximum Gasteiger partial charge on any atom is 0.416 e. The SMILES string of the molecule is C.CC(=O)Cc1cccc(C)c1.CCN1CCN(Cc2ccc(CC(=O)C(C)C)cc2C(F)(F)F)CC1. The molecule has 4 nitrogen and oxygen atoms in total. The average molecular weight is 521 g/mol. The highest BCUT2D eigenvalue weighted by Gasteiger charge is 2.34. The van der Waals surface area contributed by atoms with Crippen LogP contribution in [-0.4, -0.2) is 54.1 Å². The molecule has 206 valence electrons. The highest BCUT2D eigenvalue weighted by atomic mass is 19.4. The van der Waals surface area contributed by atoms with Crippen molar-refractivity contribution in [1.82, 2.24) is 9.80 Å². The van der Waals surface area contributed by atoms with E-state index in [-0.39, 0.29) is 36.9 Å². The van der Waals surface area contributed by atoms with Crippen LogP contribution in [-0.2, 0) is 35.2 Å². The zero-order valence-electron chi connectivity index (χ0n) is 22.1. The molecule has 0 unspecified atom stereocenters. The van der Waals surface area contributed by atoms with Gasteiger partial charge in [-0.25, -0.2) is 0 Å². The van der Waals surface area contributed by atoms with Crippen LogP contribution in [0.4, 0.5) is 13.2 Å². The van der Waals surface area contributed by atoms with E-state index in [1.165, 1.54) is 11.6 Å². The van der Waals surface area contributed by atoms with E-state index in [0.717, 1.165) is 44.4 Å².